The number of rotatable bonds is 5. The number of aliphatic hydroxyl groups is 1. The third-order valence-corrected chi connectivity index (χ3v) is 5.49. The highest BCUT2D eigenvalue weighted by Crippen LogP contribution is 2.44. The SMILES string of the molecule is O=C1N[C@H](c2ccc(OC(=O)c3cccnc3)cc2)[C@H](C(=O)c2ccccc2)[C@](O)(C(F)(F)F)N1. The van der Waals surface area contributed by atoms with E-state index in [-0.39, 0.29) is 22.4 Å². The Kier molecular flexibility index (Phi) is 6.27. The van der Waals surface area contributed by atoms with Crippen molar-refractivity contribution in [3.8, 4) is 5.75 Å². The number of aromatic nitrogens is 1. The van der Waals surface area contributed by atoms with Gasteiger partial charge in [0.15, 0.2) is 5.78 Å². The molecule has 0 unspecified atom stereocenters. The van der Waals surface area contributed by atoms with E-state index in [9.17, 15) is 32.7 Å². The molecule has 1 saturated heterocycles. The van der Waals surface area contributed by atoms with Crippen molar-refractivity contribution in [2.24, 2.45) is 5.92 Å². The Morgan fingerprint density at radius 2 is 1.63 bits per heavy atom. The average Bonchev–Trinajstić information content (AvgIpc) is 2.84. The van der Waals surface area contributed by atoms with Crippen molar-refractivity contribution in [3.05, 3.63) is 95.8 Å². The van der Waals surface area contributed by atoms with Crippen molar-refractivity contribution in [2.75, 3.05) is 0 Å². The van der Waals surface area contributed by atoms with E-state index in [0.29, 0.717) is 0 Å². The van der Waals surface area contributed by atoms with Crippen molar-refractivity contribution >= 4 is 17.8 Å². The van der Waals surface area contributed by atoms with Gasteiger partial charge in [0.2, 0.25) is 5.72 Å². The lowest BCUT2D eigenvalue weighted by Crippen LogP contribution is -2.72. The molecule has 3 aromatic rings. The molecule has 3 atom stereocenters. The van der Waals surface area contributed by atoms with Crippen molar-refractivity contribution in [2.45, 2.75) is 17.9 Å². The van der Waals surface area contributed by atoms with Crippen LogP contribution in [-0.4, -0.2) is 39.8 Å². The first kappa shape index (κ1) is 23.9. The molecule has 0 bridgehead atoms. The van der Waals surface area contributed by atoms with Crippen LogP contribution in [-0.2, 0) is 0 Å². The average molecular weight is 485 g/mol. The van der Waals surface area contributed by atoms with E-state index in [0.717, 1.165) is 0 Å². The number of pyridine rings is 1. The van der Waals surface area contributed by atoms with Crippen LogP contribution in [0.1, 0.15) is 32.3 Å². The summed E-state index contributed by atoms with van der Waals surface area (Å²) in [4.78, 5) is 41.3. The molecule has 4 rings (SSSR count). The molecule has 0 aliphatic carbocycles. The number of urea groups is 1. The molecular weight excluding hydrogens is 467 g/mol. The molecule has 0 spiro atoms. The van der Waals surface area contributed by atoms with E-state index >= 15 is 0 Å². The number of benzene rings is 2. The van der Waals surface area contributed by atoms with Gasteiger partial charge in [-0.3, -0.25) is 9.78 Å². The highest BCUT2D eigenvalue weighted by atomic mass is 19.4. The number of hydrogen-bond acceptors (Lipinski definition) is 6. The second-order valence-corrected chi connectivity index (χ2v) is 7.75. The van der Waals surface area contributed by atoms with Gasteiger partial charge in [0.1, 0.15) is 11.7 Å². The third kappa shape index (κ3) is 4.71. The van der Waals surface area contributed by atoms with E-state index in [1.807, 2.05) is 0 Å². The van der Waals surface area contributed by atoms with Crippen LogP contribution in [0.15, 0.2) is 79.1 Å². The number of halogens is 3. The van der Waals surface area contributed by atoms with Crippen molar-refractivity contribution in [3.63, 3.8) is 0 Å². The lowest BCUT2D eigenvalue weighted by molar-refractivity contribution is -0.287. The number of esters is 1. The summed E-state index contributed by atoms with van der Waals surface area (Å²) in [7, 11) is 0. The van der Waals surface area contributed by atoms with Crippen LogP contribution in [0.25, 0.3) is 0 Å². The van der Waals surface area contributed by atoms with Crippen LogP contribution < -0.4 is 15.4 Å². The van der Waals surface area contributed by atoms with Crippen LogP contribution in [0, 0.1) is 5.92 Å². The number of ketones is 1. The number of alkyl halides is 3. The first-order valence-corrected chi connectivity index (χ1v) is 10.3. The third-order valence-electron chi connectivity index (χ3n) is 5.49. The van der Waals surface area contributed by atoms with Gasteiger partial charge in [-0.1, -0.05) is 42.5 Å². The molecule has 1 aliphatic heterocycles. The number of hydrogen-bond donors (Lipinski definition) is 3. The fourth-order valence-corrected chi connectivity index (χ4v) is 3.79. The monoisotopic (exact) mass is 485 g/mol. The Hall–Kier alpha value is -4.25. The Balaban J connectivity index is 1.68. The smallest absolute Gasteiger partial charge is 0.423 e. The number of amides is 2. The predicted molar refractivity (Wildman–Crippen MR) is 115 cm³/mol. The highest BCUT2D eigenvalue weighted by Gasteiger charge is 2.66. The molecule has 180 valence electrons. The maximum absolute atomic E-state index is 14.0. The molecule has 3 N–H and O–H groups in total. The summed E-state index contributed by atoms with van der Waals surface area (Å²) in [6, 6.07) is 12.5. The molecule has 0 radical (unpaired) electrons. The van der Waals surface area contributed by atoms with Gasteiger partial charge in [-0.2, -0.15) is 13.2 Å². The maximum atomic E-state index is 14.0. The Labute approximate surface area is 196 Å². The first-order chi connectivity index (χ1) is 16.6. The second kappa shape index (κ2) is 9.18. The molecule has 2 aromatic carbocycles. The van der Waals surface area contributed by atoms with E-state index in [1.165, 1.54) is 72.3 Å². The van der Waals surface area contributed by atoms with Crippen LogP contribution in [0.4, 0.5) is 18.0 Å². The molecule has 1 aromatic heterocycles. The van der Waals surface area contributed by atoms with Gasteiger partial charge in [-0.25, -0.2) is 9.59 Å². The normalized spacial score (nSPS) is 22.0. The standard InChI is InChI=1S/C24H18F3N3O5/c25-24(26,27)23(34)18(20(31)15-5-2-1-3-6-15)19(29-22(33)30-23)14-8-10-17(11-9-14)35-21(32)16-7-4-12-28-13-16/h1-13,18-19,34H,(H2,29,30,33)/t18-,19-,23+/m1/s1. The minimum Gasteiger partial charge on any atom is -0.423 e. The zero-order chi connectivity index (χ0) is 25.2. The minimum atomic E-state index is -5.36. The molecule has 1 aliphatic rings. The number of nitrogens with one attached hydrogen (secondary N) is 2. The molecule has 0 saturated carbocycles. The lowest BCUT2D eigenvalue weighted by atomic mass is 9.77. The second-order valence-electron chi connectivity index (χ2n) is 7.75. The summed E-state index contributed by atoms with van der Waals surface area (Å²) in [5.74, 6) is -3.83. The van der Waals surface area contributed by atoms with E-state index in [4.69, 9.17) is 4.74 Å². The van der Waals surface area contributed by atoms with E-state index < -0.39 is 41.6 Å². The number of Topliss-reactive ketones (excluding diaryl/α,β-unsaturated/α-hetero) is 1. The van der Waals surface area contributed by atoms with Crippen LogP contribution in [0.3, 0.4) is 0 Å². The summed E-state index contributed by atoms with van der Waals surface area (Å²) < 4.78 is 47.2. The van der Waals surface area contributed by atoms with Crippen LogP contribution >= 0.6 is 0 Å². The molecule has 8 nitrogen and oxygen atoms in total. The van der Waals surface area contributed by atoms with Gasteiger partial charge in [0.05, 0.1) is 11.6 Å². The van der Waals surface area contributed by atoms with Gasteiger partial charge < -0.3 is 20.5 Å². The maximum Gasteiger partial charge on any atom is 0.437 e. The van der Waals surface area contributed by atoms with Gasteiger partial charge in [0.25, 0.3) is 0 Å². The van der Waals surface area contributed by atoms with Crippen molar-refractivity contribution in [1.82, 2.24) is 15.6 Å². The van der Waals surface area contributed by atoms with Crippen LogP contribution in [0.5, 0.6) is 5.75 Å². The summed E-state index contributed by atoms with van der Waals surface area (Å²) in [6.45, 7) is 0. The van der Waals surface area contributed by atoms with Crippen molar-refractivity contribution in [1.29, 1.82) is 0 Å². The quantitative estimate of drug-likeness (QED) is 0.290. The molecule has 11 heteroatoms. The molecule has 2 amide bonds. The Bertz CT molecular complexity index is 1240. The summed E-state index contributed by atoms with van der Waals surface area (Å²) in [5, 5.41) is 14.4. The fourth-order valence-electron chi connectivity index (χ4n) is 3.79. The summed E-state index contributed by atoms with van der Waals surface area (Å²) in [5.41, 5.74) is -3.65. The van der Waals surface area contributed by atoms with Gasteiger partial charge >= 0.3 is 18.2 Å². The molecule has 35 heavy (non-hydrogen) atoms. The van der Waals surface area contributed by atoms with Gasteiger partial charge in [-0.05, 0) is 29.8 Å². The largest absolute Gasteiger partial charge is 0.437 e. The zero-order valence-corrected chi connectivity index (χ0v) is 17.8. The van der Waals surface area contributed by atoms with Crippen LogP contribution in [0.2, 0.25) is 0 Å². The number of carbonyl (C=O) groups is 3. The molecule has 2 heterocycles. The van der Waals surface area contributed by atoms with Gasteiger partial charge in [0, 0.05) is 18.0 Å². The van der Waals surface area contributed by atoms with Crippen molar-refractivity contribution < 1.29 is 37.4 Å². The van der Waals surface area contributed by atoms with E-state index in [1.54, 1.807) is 12.1 Å². The number of nitrogens with zero attached hydrogens (tertiary/aromatic N) is 1. The van der Waals surface area contributed by atoms with Gasteiger partial charge in [-0.15, -0.1) is 0 Å². The summed E-state index contributed by atoms with van der Waals surface area (Å²) in [6.07, 6.45) is -2.58. The Morgan fingerprint density at radius 3 is 2.23 bits per heavy atom. The molecular formula is C24H18F3N3O5. The summed E-state index contributed by atoms with van der Waals surface area (Å²) >= 11 is 0. The Morgan fingerprint density at radius 1 is 0.971 bits per heavy atom. The topological polar surface area (TPSA) is 118 Å². The minimum absolute atomic E-state index is 0.0693. The number of carbonyl (C=O) groups excluding carboxylic acids is 3. The highest BCUT2D eigenvalue weighted by molar-refractivity contribution is 6.00. The molecule has 1 fully saturated rings. The number of ether oxygens (including phenoxy) is 1. The zero-order valence-electron chi connectivity index (χ0n) is 17.8. The lowest BCUT2D eigenvalue weighted by Gasteiger charge is -2.45. The predicted octanol–water partition coefficient (Wildman–Crippen LogP) is 3.40. The van der Waals surface area contributed by atoms with E-state index in [2.05, 4.69) is 10.3 Å². The fraction of sp³-hybridized carbons (Fsp3) is 0.167. The first-order valence-electron chi connectivity index (χ1n) is 10.3.